The Morgan fingerprint density at radius 2 is 2.06 bits per heavy atom. The minimum atomic E-state index is 0.277. The summed E-state index contributed by atoms with van der Waals surface area (Å²) in [6.07, 6.45) is 2.95. The van der Waals surface area contributed by atoms with E-state index in [0.29, 0.717) is 0 Å². The Kier molecular flexibility index (Phi) is 2.50. The lowest BCUT2D eigenvalue weighted by atomic mass is 9.73. The number of hydrogen-bond donors (Lipinski definition) is 1. The van der Waals surface area contributed by atoms with Crippen molar-refractivity contribution in [3.05, 3.63) is 52.5 Å². The first-order chi connectivity index (χ1) is 7.89. The number of rotatable bonds is 3. The van der Waals surface area contributed by atoms with Gasteiger partial charge >= 0.3 is 0 Å². The summed E-state index contributed by atoms with van der Waals surface area (Å²) in [6.45, 7) is 2.13. The molecule has 2 nitrogen and oxygen atoms in total. The topological polar surface area (TPSA) is 24.9 Å². The fraction of sp³-hybridized carbons (Fsp3) is 0.308. The summed E-state index contributed by atoms with van der Waals surface area (Å²) in [4.78, 5) is 4.40. The van der Waals surface area contributed by atoms with E-state index in [0.717, 1.165) is 19.5 Å². The highest BCUT2D eigenvalue weighted by Gasteiger charge is 2.39. The number of nitrogens with one attached hydrogen (secondary N) is 1. The van der Waals surface area contributed by atoms with Gasteiger partial charge in [0.05, 0.1) is 5.01 Å². The van der Waals surface area contributed by atoms with Gasteiger partial charge in [0.2, 0.25) is 0 Å². The summed E-state index contributed by atoms with van der Waals surface area (Å²) in [7, 11) is 0. The number of benzene rings is 1. The molecule has 0 spiro atoms. The maximum atomic E-state index is 4.40. The third kappa shape index (κ3) is 1.66. The van der Waals surface area contributed by atoms with Crippen LogP contribution < -0.4 is 5.32 Å². The Bertz CT molecular complexity index is 446. The van der Waals surface area contributed by atoms with Crippen LogP contribution in [0.4, 0.5) is 0 Å². The Hall–Kier alpha value is -1.19. The van der Waals surface area contributed by atoms with Crippen LogP contribution in [-0.4, -0.2) is 18.1 Å². The number of thiazole rings is 1. The van der Waals surface area contributed by atoms with Gasteiger partial charge < -0.3 is 5.32 Å². The molecule has 0 unspecified atom stereocenters. The van der Waals surface area contributed by atoms with E-state index >= 15 is 0 Å². The minimum absolute atomic E-state index is 0.277. The largest absolute Gasteiger partial charge is 0.315 e. The van der Waals surface area contributed by atoms with Crippen molar-refractivity contribution in [3.8, 4) is 0 Å². The van der Waals surface area contributed by atoms with Gasteiger partial charge in [-0.15, -0.1) is 11.3 Å². The zero-order chi connectivity index (χ0) is 10.8. The molecular formula is C13H14N2S. The molecule has 0 radical (unpaired) electrons. The van der Waals surface area contributed by atoms with Crippen molar-refractivity contribution in [2.45, 2.75) is 11.8 Å². The second-order valence-electron chi connectivity index (χ2n) is 4.35. The van der Waals surface area contributed by atoms with Crippen molar-refractivity contribution in [3.63, 3.8) is 0 Å². The fourth-order valence-electron chi connectivity index (χ4n) is 2.28. The fourth-order valence-corrected chi connectivity index (χ4v) is 3.04. The first-order valence-electron chi connectivity index (χ1n) is 5.54. The van der Waals surface area contributed by atoms with Crippen LogP contribution >= 0.6 is 11.3 Å². The highest BCUT2D eigenvalue weighted by Crippen LogP contribution is 2.32. The zero-order valence-corrected chi connectivity index (χ0v) is 9.83. The molecule has 0 atom stereocenters. The minimum Gasteiger partial charge on any atom is -0.315 e. The third-order valence-electron chi connectivity index (χ3n) is 3.29. The molecule has 3 rings (SSSR count). The molecule has 1 fully saturated rings. The van der Waals surface area contributed by atoms with Crippen molar-refractivity contribution in [1.29, 1.82) is 0 Å². The molecule has 2 aromatic rings. The summed E-state index contributed by atoms with van der Waals surface area (Å²) >= 11 is 1.75. The van der Waals surface area contributed by atoms with Gasteiger partial charge in [-0.3, -0.25) is 0 Å². The average molecular weight is 230 g/mol. The van der Waals surface area contributed by atoms with Crippen molar-refractivity contribution in [1.82, 2.24) is 10.3 Å². The van der Waals surface area contributed by atoms with E-state index in [-0.39, 0.29) is 5.41 Å². The van der Waals surface area contributed by atoms with E-state index in [9.17, 15) is 0 Å². The van der Waals surface area contributed by atoms with Crippen molar-refractivity contribution in [2.24, 2.45) is 0 Å². The highest BCUT2D eigenvalue weighted by atomic mass is 32.1. The van der Waals surface area contributed by atoms with Crippen LogP contribution in [0.5, 0.6) is 0 Å². The van der Waals surface area contributed by atoms with Gasteiger partial charge in [-0.2, -0.15) is 0 Å². The maximum Gasteiger partial charge on any atom is 0.0934 e. The van der Waals surface area contributed by atoms with Crippen molar-refractivity contribution >= 4 is 11.3 Å². The van der Waals surface area contributed by atoms with Gasteiger partial charge in [-0.1, -0.05) is 30.3 Å². The molecule has 1 aromatic carbocycles. The lowest BCUT2D eigenvalue weighted by Crippen LogP contribution is -2.58. The van der Waals surface area contributed by atoms with E-state index in [1.165, 1.54) is 10.6 Å². The molecule has 0 bridgehead atoms. The quantitative estimate of drug-likeness (QED) is 0.874. The summed E-state index contributed by atoms with van der Waals surface area (Å²) in [5, 5.41) is 6.69. The van der Waals surface area contributed by atoms with Crippen LogP contribution in [0.3, 0.4) is 0 Å². The van der Waals surface area contributed by atoms with E-state index in [1.54, 1.807) is 11.3 Å². The third-order valence-corrected chi connectivity index (χ3v) is 4.07. The smallest absolute Gasteiger partial charge is 0.0934 e. The van der Waals surface area contributed by atoms with Gasteiger partial charge in [0.25, 0.3) is 0 Å². The van der Waals surface area contributed by atoms with E-state index < -0.39 is 0 Å². The van der Waals surface area contributed by atoms with Gasteiger partial charge in [0, 0.05) is 36.5 Å². The summed E-state index contributed by atoms with van der Waals surface area (Å²) < 4.78 is 0. The molecule has 0 amide bonds. The molecule has 82 valence electrons. The van der Waals surface area contributed by atoms with Gasteiger partial charge in [-0.05, 0) is 5.56 Å². The van der Waals surface area contributed by atoms with Gasteiger partial charge in [0.1, 0.15) is 0 Å². The summed E-state index contributed by atoms with van der Waals surface area (Å²) in [5.41, 5.74) is 1.71. The van der Waals surface area contributed by atoms with Crippen LogP contribution in [0.2, 0.25) is 0 Å². The van der Waals surface area contributed by atoms with Gasteiger partial charge in [-0.25, -0.2) is 4.98 Å². The molecule has 0 aliphatic carbocycles. The standard InChI is InChI=1S/C13H14N2S/c1-2-4-11(5-3-1)13(9-14-10-13)8-12-15-6-7-16-12/h1-7,14H,8-10H2. The van der Waals surface area contributed by atoms with E-state index in [4.69, 9.17) is 0 Å². The van der Waals surface area contributed by atoms with E-state index in [2.05, 4.69) is 46.0 Å². The second-order valence-corrected chi connectivity index (χ2v) is 5.33. The molecular weight excluding hydrogens is 216 g/mol. The Morgan fingerprint density at radius 1 is 1.25 bits per heavy atom. The molecule has 3 heteroatoms. The molecule has 1 aliphatic heterocycles. The number of nitrogens with zero attached hydrogens (tertiary/aromatic N) is 1. The number of aromatic nitrogens is 1. The SMILES string of the molecule is c1ccc(C2(Cc3nccs3)CNC2)cc1. The van der Waals surface area contributed by atoms with Crippen LogP contribution in [0.15, 0.2) is 41.9 Å². The number of hydrogen-bond acceptors (Lipinski definition) is 3. The van der Waals surface area contributed by atoms with Crippen LogP contribution in [0.25, 0.3) is 0 Å². The molecule has 2 heterocycles. The predicted molar refractivity (Wildman–Crippen MR) is 66.8 cm³/mol. The normalized spacial score (nSPS) is 18.0. The average Bonchev–Trinajstić information content (AvgIpc) is 2.77. The van der Waals surface area contributed by atoms with Crippen molar-refractivity contribution in [2.75, 3.05) is 13.1 Å². The van der Waals surface area contributed by atoms with E-state index in [1.807, 2.05) is 6.20 Å². The molecule has 1 aromatic heterocycles. The van der Waals surface area contributed by atoms with Crippen LogP contribution in [-0.2, 0) is 11.8 Å². The zero-order valence-electron chi connectivity index (χ0n) is 9.02. The first-order valence-corrected chi connectivity index (χ1v) is 6.42. The lowest BCUT2D eigenvalue weighted by molar-refractivity contribution is 0.274. The van der Waals surface area contributed by atoms with Crippen molar-refractivity contribution < 1.29 is 0 Å². The Balaban J connectivity index is 1.89. The van der Waals surface area contributed by atoms with Gasteiger partial charge in [0.15, 0.2) is 0 Å². The lowest BCUT2D eigenvalue weighted by Gasteiger charge is -2.43. The molecule has 1 saturated heterocycles. The Labute approximate surface area is 99.4 Å². The highest BCUT2D eigenvalue weighted by molar-refractivity contribution is 7.09. The molecule has 0 saturated carbocycles. The molecule has 16 heavy (non-hydrogen) atoms. The summed E-state index contributed by atoms with van der Waals surface area (Å²) in [6, 6.07) is 10.8. The van der Waals surface area contributed by atoms with Crippen LogP contribution in [0, 0.1) is 0 Å². The predicted octanol–water partition coefficient (Wildman–Crippen LogP) is 2.23. The first kappa shape index (κ1) is 10.00. The molecule has 1 aliphatic rings. The Morgan fingerprint density at radius 3 is 2.62 bits per heavy atom. The summed E-state index contributed by atoms with van der Waals surface area (Å²) in [5.74, 6) is 0. The van der Waals surface area contributed by atoms with Crippen LogP contribution in [0.1, 0.15) is 10.6 Å². The molecule has 1 N–H and O–H groups in total. The maximum absolute atomic E-state index is 4.40. The monoisotopic (exact) mass is 230 g/mol. The second kappa shape index (κ2) is 4.00.